The normalized spacial score (nSPS) is 23.8. The molecule has 3 aromatic rings. The van der Waals surface area contributed by atoms with Crippen molar-refractivity contribution >= 4 is 22.4 Å². The molecule has 2 aromatic heterocycles. The second-order valence-corrected chi connectivity index (χ2v) is 8.69. The molecule has 2 aliphatic carbocycles. The average molecular weight is 427 g/mol. The third kappa shape index (κ3) is 3.77. The van der Waals surface area contributed by atoms with Gasteiger partial charge >= 0.3 is 0 Å². The summed E-state index contributed by atoms with van der Waals surface area (Å²) < 4.78 is 6.20. The van der Waals surface area contributed by atoms with E-state index in [4.69, 9.17) is 4.74 Å². The van der Waals surface area contributed by atoms with Crippen LogP contribution in [0, 0.1) is 31.1 Å². The predicted molar refractivity (Wildman–Crippen MR) is 124 cm³/mol. The zero-order chi connectivity index (χ0) is 22.1. The molecule has 162 valence electrons. The Balaban J connectivity index is 1.37. The van der Waals surface area contributed by atoms with E-state index in [-0.39, 0.29) is 23.2 Å². The quantitative estimate of drug-likeness (QED) is 0.613. The van der Waals surface area contributed by atoms with Gasteiger partial charge in [-0.15, -0.1) is 0 Å². The first-order valence-corrected chi connectivity index (χ1v) is 11.0. The number of aromatic nitrogens is 3. The minimum Gasteiger partial charge on any atom is -0.489 e. The average Bonchev–Trinajstić information content (AvgIpc) is 3.55. The Kier molecular flexibility index (Phi) is 5.21. The third-order valence-corrected chi connectivity index (χ3v) is 6.65. The first-order valence-electron chi connectivity index (χ1n) is 11.0. The van der Waals surface area contributed by atoms with Crippen molar-refractivity contribution in [1.29, 1.82) is 0 Å². The van der Waals surface area contributed by atoms with E-state index in [0.29, 0.717) is 12.4 Å². The van der Waals surface area contributed by atoms with E-state index in [9.17, 15) is 4.79 Å². The van der Waals surface area contributed by atoms with E-state index in [0.717, 1.165) is 40.8 Å². The van der Waals surface area contributed by atoms with Crippen molar-refractivity contribution in [3.8, 4) is 5.75 Å². The first kappa shape index (κ1) is 20.4. The Morgan fingerprint density at radius 1 is 1.22 bits per heavy atom. The molecule has 0 aliphatic heterocycles. The molecule has 1 N–H and O–H groups in total. The molecule has 1 aromatic carbocycles. The van der Waals surface area contributed by atoms with Crippen molar-refractivity contribution in [3.05, 3.63) is 78.7 Å². The predicted octanol–water partition coefficient (Wildman–Crippen LogP) is 4.80. The van der Waals surface area contributed by atoms with Crippen LogP contribution in [0.4, 0.5) is 5.69 Å². The Bertz CT molecular complexity index is 1230. The monoisotopic (exact) mass is 426 g/mol. The van der Waals surface area contributed by atoms with Gasteiger partial charge in [0.1, 0.15) is 5.82 Å². The maximum atomic E-state index is 13.3. The minimum absolute atomic E-state index is 0.0322. The smallest absolute Gasteiger partial charge is 0.228 e. The summed E-state index contributed by atoms with van der Waals surface area (Å²) in [5.41, 5.74) is 1.37. The number of allylic oxidation sites excluding steroid dienone is 4. The number of nitrogens with zero attached hydrogens (tertiary/aromatic N) is 3. The summed E-state index contributed by atoms with van der Waals surface area (Å²) in [7, 11) is 0. The zero-order valence-electron chi connectivity index (χ0n) is 18.3. The molecule has 2 aliphatic rings. The summed E-state index contributed by atoms with van der Waals surface area (Å²) in [5, 5.41) is 5.15. The van der Waals surface area contributed by atoms with Gasteiger partial charge in [-0.3, -0.25) is 9.78 Å². The van der Waals surface area contributed by atoms with Crippen LogP contribution < -0.4 is 10.1 Å². The molecular formula is C26H26N4O2. The van der Waals surface area contributed by atoms with Gasteiger partial charge in [0.05, 0.1) is 24.2 Å². The Morgan fingerprint density at radius 2 is 2.12 bits per heavy atom. The number of ether oxygens (including phenoxy) is 1. The molecule has 3 atom stereocenters. The van der Waals surface area contributed by atoms with Crippen molar-refractivity contribution in [3.63, 3.8) is 0 Å². The highest BCUT2D eigenvalue weighted by molar-refractivity contribution is 6.03. The Hall–Kier alpha value is -3.54. The fourth-order valence-corrected chi connectivity index (χ4v) is 4.73. The van der Waals surface area contributed by atoms with E-state index >= 15 is 0 Å². The van der Waals surface area contributed by atoms with Crippen LogP contribution in [0.3, 0.4) is 0 Å². The highest BCUT2D eigenvalue weighted by Gasteiger charge is 2.62. The van der Waals surface area contributed by atoms with Crippen LogP contribution in [0.5, 0.6) is 5.75 Å². The van der Waals surface area contributed by atoms with E-state index < -0.39 is 0 Å². The molecule has 0 saturated heterocycles. The Morgan fingerprint density at radius 3 is 2.94 bits per heavy atom. The fourth-order valence-electron chi connectivity index (χ4n) is 4.73. The van der Waals surface area contributed by atoms with E-state index in [1.807, 2.05) is 38.1 Å². The molecule has 0 spiro atoms. The van der Waals surface area contributed by atoms with Crippen LogP contribution in [-0.2, 0) is 4.79 Å². The van der Waals surface area contributed by atoms with Crippen molar-refractivity contribution in [1.82, 2.24) is 15.0 Å². The van der Waals surface area contributed by atoms with Crippen molar-refractivity contribution in [2.75, 3.05) is 11.9 Å². The zero-order valence-corrected chi connectivity index (χ0v) is 18.3. The fraction of sp³-hybridized carbons (Fsp3) is 0.308. The van der Waals surface area contributed by atoms with Crippen molar-refractivity contribution in [2.24, 2.45) is 17.3 Å². The van der Waals surface area contributed by atoms with Gasteiger partial charge in [-0.25, -0.2) is 9.97 Å². The van der Waals surface area contributed by atoms with Gasteiger partial charge in [-0.2, -0.15) is 0 Å². The van der Waals surface area contributed by atoms with Gasteiger partial charge < -0.3 is 10.1 Å². The van der Waals surface area contributed by atoms with E-state index in [1.165, 1.54) is 0 Å². The molecule has 1 unspecified atom stereocenters. The third-order valence-electron chi connectivity index (χ3n) is 6.65. The summed E-state index contributed by atoms with van der Waals surface area (Å²) >= 11 is 0. The molecule has 5 rings (SSSR count). The van der Waals surface area contributed by atoms with Crippen LogP contribution in [0.1, 0.15) is 24.4 Å². The standard InChI is InChI=1S/C26H26N4O2/c1-17-24(15-28-18(2)29-17)32-16-26(20-8-4-3-5-9-20)13-22(26)25(31)30-23-10-6-7-19-11-12-27-14-21(19)23/h3-8,10-12,14-15,20,22H,9,13,16H2,1-2H3,(H,30,31)/t20?,22-,26+/m0/s1. The van der Waals surface area contributed by atoms with E-state index in [1.54, 1.807) is 18.6 Å². The minimum atomic E-state index is -0.245. The molecule has 1 fully saturated rings. The van der Waals surface area contributed by atoms with Gasteiger partial charge in [0.15, 0.2) is 5.75 Å². The molecule has 2 heterocycles. The summed E-state index contributed by atoms with van der Waals surface area (Å²) in [6, 6.07) is 7.85. The number of carbonyl (C=O) groups excluding carboxylic acids is 1. The van der Waals surface area contributed by atoms with Gasteiger partial charge in [-0.1, -0.05) is 36.4 Å². The summed E-state index contributed by atoms with van der Waals surface area (Å²) in [6.07, 6.45) is 15.5. The second kappa shape index (κ2) is 8.19. The lowest BCUT2D eigenvalue weighted by Gasteiger charge is -2.26. The van der Waals surface area contributed by atoms with Gasteiger partial charge in [0.2, 0.25) is 5.91 Å². The second-order valence-electron chi connectivity index (χ2n) is 8.69. The van der Waals surface area contributed by atoms with Crippen molar-refractivity contribution in [2.45, 2.75) is 26.7 Å². The number of anilines is 1. The number of hydrogen-bond donors (Lipinski definition) is 1. The van der Waals surface area contributed by atoms with Crippen LogP contribution >= 0.6 is 0 Å². The maximum absolute atomic E-state index is 13.3. The van der Waals surface area contributed by atoms with Gasteiger partial charge in [0.25, 0.3) is 0 Å². The number of hydrogen-bond acceptors (Lipinski definition) is 5. The lowest BCUT2D eigenvalue weighted by atomic mass is 9.82. The van der Waals surface area contributed by atoms with Crippen LogP contribution in [0.2, 0.25) is 0 Å². The number of amides is 1. The van der Waals surface area contributed by atoms with Gasteiger partial charge in [-0.05, 0) is 50.1 Å². The molecular weight excluding hydrogens is 400 g/mol. The summed E-state index contributed by atoms with van der Waals surface area (Å²) in [5.74, 6) is 1.56. The largest absolute Gasteiger partial charge is 0.489 e. The summed E-state index contributed by atoms with van der Waals surface area (Å²) in [6.45, 7) is 4.24. The number of benzene rings is 1. The molecule has 6 heteroatoms. The van der Waals surface area contributed by atoms with Crippen molar-refractivity contribution < 1.29 is 9.53 Å². The lowest BCUT2D eigenvalue weighted by molar-refractivity contribution is -0.118. The molecule has 0 radical (unpaired) electrons. The van der Waals surface area contributed by atoms with Crippen LogP contribution in [0.25, 0.3) is 10.8 Å². The number of fused-ring (bicyclic) bond motifs is 1. The molecule has 0 bridgehead atoms. The van der Waals surface area contributed by atoms with Gasteiger partial charge in [0, 0.05) is 29.1 Å². The molecule has 6 nitrogen and oxygen atoms in total. The SMILES string of the molecule is Cc1ncc(OC[C@@]2(C3C=CC=CC3)C[C@H]2C(=O)Nc2cccc3ccncc23)c(C)n1. The highest BCUT2D eigenvalue weighted by atomic mass is 16.5. The first-order chi connectivity index (χ1) is 15.6. The molecule has 1 amide bonds. The topological polar surface area (TPSA) is 77.0 Å². The maximum Gasteiger partial charge on any atom is 0.228 e. The number of pyridine rings is 1. The molecule has 32 heavy (non-hydrogen) atoms. The highest BCUT2D eigenvalue weighted by Crippen LogP contribution is 2.60. The number of rotatable bonds is 6. The van der Waals surface area contributed by atoms with Crippen LogP contribution in [0.15, 0.2) is 67.2 Å². The lowest BCUT2D eigenvalue weighted by Crippen LogP contribution is -2.29. The Labute approximate surface area is 187 Å². The van der Waals surface area contributed by atoms with E-state index in [2.05, 4.69) is 44.6 Å². The molecule has 1 saturated carbocycles. The summed E-state index contributed by atoms with van der Waals surface area (Å²) in [4.78, 5) is 26.2. The van der Waals surface area contributed by atoms with Crippen LogP contribution in [-0.4, -0.2) is 27.5 Å². The number of nitrogens with one attached hydrogen (secondary N) is 1. The number of carbonyl (C=O) groups is 1. The number of aryl methyl sites for hydroxylation is 2.